The molecule has 2 aromatic heterocycles. The van der Waals surface area contributed by atoms with Crippen molar-refractivity contribution in [2.45, 2.75) is 0 Å². The summed E-state index contributed by atoms with van der Waals surface area (Å²) in [6.07, 6.45) is 1.74. The minimum absolute atomic E-state index is 0.261. The number of rotatable bonds is 2. The molecule has 2 heterocycles. The van der Waals surface area contributed by atoms with Crippen LogP contribution in [-0.2, 0) is 0 Å². The van der Waals surface area contributed by atoms with Gasteiger partial charge in [0, 0.05) is 17.6 Å². The Labute approximate surface area is 119 Å². The third-order valence-electron chi connectivity index (χ3n) is 2.62. The maximum atomic E-state index is 5.98. The molecule has 0 aliphatic carbocycles. The molecule has 0 saturated heterocycles. The molecule has 0 unspecified atom stereocenters. The van der Waals surface area contributed by atoms with E-state index < -0.39 is 0 Å². The van der Waals surface area contributed by atoms with Crippen LogP contribution in [-0.4, -0.2) is 15.2 Å². The molecule has 0 atom stereocenters. The molecule has 3 rings (SSSR count). The van der Waals surface area contributed by atoms with E-state index in [2.05, 4.69) is 20.5 Å². The molecule has 0 bridgehead atoms. The molecule has 0 aliphatic heterocycles. The number of hydrogen-bond acceptors (Lipinski definition) is 4. The fourth-order valence-electron chi connectivity index (χ4n) is 1.79. The molecular formula is C13H8Cl2N4. The van der Waals surface area contributed by atoms with Crippen LogP contribution in [0.15, 0.2) is 42.6 Å². The van der Waals surface area contributed by atoms with Crippen molar-refractivity contribution in [2.24, 2.45) is 0 Å². The summed E-state index contributed by atoms with van der Waals surface area (Å²) in [6, 6.07) is 11.4. The monoisotopic (exact) mass is 290 g/mol. The summed E-state index contributed by atoms with van der Waals surface area (Å²) in [6.45, 7) is 0. The predicted octanol–water partition coefficient (Wildman–Crippen LogP) is 4.08. The number of nitrogens with zero attached hydrogens (tertiary/aromatic N) is 3. The van der Waals surface area contributed by atoms with Crippen LogP contribution in [0.2, 0.25) is 10.3 Å². The summed E-state index contributed by atoms with van der Waals surface area (Å²) < 4.78 is 0. The van der Waals surface area contributed by atoms with E-state index in [1.807, 2.05) is 30.3 Å². The molecule has 4 nitrogen and oxygen atoms in total. The largest absolute Gasteiger partial charge is 0.351 e. The molecule has 0 aliphatic rings. The normalized spacial score (nSPS) is 10.6. The molecule has 6 heteroatoms. The highest BCUT2D eigenvalue weighted by atomic mass is 35.5. The molecule has 0 fully saturated rings. The average molecular weight is 291 g/mol. The Hall–Kier alpha value is -1.91. The van der Waals surface area contributed by atoms with E-state index in [0.717, 1.165) is 16.6 Å². The zero-order valence-electron chi connectivity index (χ0n) is 9.64. The predicted molar refractivity (Wildman–Crippen MR) is 77.1 cm³/mol. The highest BCUT2D eigenvalue weighted by Gasteiger charge is 2.07. The van der Waals surface area contributed by atoms with Crippen molar-refractivity contribution in [3.05, 3.63) is 52.9 Å². The highest BCUT2D eigenvalue weighted by molar-refractivity contribution is 6.33. The van der Waals surface area contributed by atoms with Gasteiger partial charge in [-0.05, 0) is 12.1 Å². The van der Waals surface area contributed by atoms with Crippen molar-refractivity contribution in [2.75, 3.05) is 5.32 Å². The van der Waals surface area contributed by atoms with Gasteiger partial charge in [-0.1, -0.05) is 41.4 Å². The number of benzene rings is 1. The van der Waals surface area contributed by atoms with Gasteiger partial charge >= 0.3 is 0 Å². The third kappa shape index (κ3) is 2.45. The summed E-state index contributed by atoms with van der Waals surface area (Å²) in [5.74, 6) is 0. The van der Waals surface area contributed by atoms with Crippen molar-refractivity contribution in [1.82, 2.24) is 15.2 Å². The Morgan fingerprint density at radius 1 is 0.947 bits per heavy atom. The van der Waals surface area contributed by atoms with Gasteiger partial charge in [0.15, 0.2) is 10.3 Å². The van der Waals surface area contributed by atoms with E-state index in [0.29, 0.717) is 5.69 Å². The van der Waals surface area contributed by atoms with Gasteiger partial charge in [-0.15, -0.1) is 10.2 Å². The van der Waals surface area contributed by atoms with Crippen molar-refractivity contribution in [3.63, 3.8) is 0 Å². The lowest BCUT2D eigenvalue weighted by atomic mass is 10.2. The summed E-state index contributed by atoms with van der Waals surface area (Å²) in [4.78, 5) is 4.35. The van der Waals surface area contributed by atoms with Crippen LogP contribution < -0.4 is 5.32 Å². The average Bonchev–Trinajstić information content (AvgIpc) is 2.43. The van der Waals surface area contributed by atoms with Crippen LogP contribution >= 0.6 is 23.2 Å². The molecule has 0 amide bonds. The molecule has 0 radical (unpaired) electrons. The number of para-hydroxylation sites is 1. The molecule has 0 saturated carbocycles. The van der Waals surface area contributed by atoms with Crippen LogP contribution in [0.5, 0.6) is 0 Å². The molecule has 94 valence electrons. The first kappa shape index (κ1) is 12.1. The second-order valence-electron chi connectivity index (χ2n) is 3.88. The summed E-state index contributed by atoms with van der Waals surface area (Å²) >= 11 is 11.8. The fraction of sp³-hybridized carbons (Fsp3) is 0. The van der Waals surface area contributed by atoms with Gasteiger partial charge in [0.05, 0.1) is 16.9 Å². The maximum Gasteiger partial charge on any atom is 0.175 e. The lowest BCUT2D eigenvalue weighted by molar-refractivity contribution is 1.03. The first-order valence-electron chi connectivity index (χ1n) is 5.53. The number of aromatic nitrogens is 3. The molecule has 3 aromatic rings. The van der Waals surface area contributed by atoms with E-state index in [1.54, 1.807) is 12.3 Å². The number of hydrogen-bond donors (Lipinski definition) is 1. The van der Waals surface area contributed by atoms with Crippen LogP contribution in [0.3, 0.4) is 0 Å². The number of nitrogens with one attached hydrogen (secondary N) is 1. The van der Waals surface area contributed by atoms with Gasteiger partial charge in [0.2, 0.25) is 0 Å². The summed E-state index contributed by atoms with van der Waals surface area (Å²) in [5.41, 5.74) is 2.29. The van der Waals surface area contributed by atoms with Gasteiger partial charge in [0.1, 0.15) is 0 Å². The van der Waals surface area contributed by atoms with E-state index in [9.17, 15) is 0 Å². The van der Waals surface area contributed by atoms with E-state index >= 15 is 0 Å². The Bertz CT molecular complexity index is 740. The summed E-state index contributed by atoms with van der Waals surface area (Å²) in [7, 11) is 0. The number of halogens is 2. The van der Waals surface area contributed by atoms with E-state index in [1.165, 1.54) is 0 Å². The van der Waals surface area contributed by atoms with Crippen LogP contribution in [0, 0.1) is 0 Å². The molecule has 19 heavy (non-hydrogen) atoms. The Balaban J connectivity index is 2.08. The maximum absolute atomic E-state index is 5.98. The summed E-state index contributed by atoms with van der Waals surface area (Å²) in [5, 5.41) is 12.2. The van der Waals surface area contributed by atoms with Crippen molar-refractivity contribution < 1.29 is 0 Å². The highest BCUT2D eigenvalue weighted by Crippen LogP contribution is 2.28. The van der Waals surface area contributed by atoms with Gasteiger partial charge in [0.25, 0.3) is 0 Å². The zero-order valence-corrected chi connectivity index (χ0v) is 11.2. The second-order valence-corrected chi connectivity index (χ2v) is 4.62. The Morgan fingerprint density at radius 2 is 1.79 bits per heavy atom. The zero-order chi connectivity index (χ0) is 13.2. The second kappa shape index (κ2) is 4.99. The third-order valence-corrected chi connectivity index (χ3v) is 3.08. The van der Waals surface area contributed by atoms with Crippen molar-refractivity contribution in [3.8, 4) is 0 Å². The van der Waals surface area contributed by atoms with Crippen LogP contribution in [0.25, 0.3) is 10.9 Å². The molecule has 1 aromatic carbocycles. The smallest absolute Gasteiger partial charge is 0.175 e. The standard InChI is InChI=1S/C13H8Cl2N4/c14-11-7-10(13(15)19-18-11)17-9-5-1-3-8-4-2-6-16-12(8)9/h1-7H,(H,17,18). The molecule has 0 spiro atoms. The first-order chi connectivity index (χ1) is 9.24. The minimum atomic E-state index is 0.261. The van der Waals surface area contributed by atoms with Crippen LogP contribution in [0.4, 0.5) is 11.4 Å². The Kier molecular flexibility index (Phi) is 3.19. The van der Waals surface area contributed by atoms with Gasteiger partial charge in [-0.2, -0.15) is 0 Å². The lowest BCUT2D eigenvalue weighted by Crippen LogP contribution is -1.96. The SMILES string of the molecule is Clc1cc(Nc2cccc3cccnc23)c(Cl)nn1. The molecular weight excluding hydrogens is 283 g/mol. The lowest BCUT2D eigenvalue weighted by Gasteiger charge is -2.09. The van der Waals surface area contributed by atoms with Crippen molar-refractivity contribution >= 4 is 45.5 Å². The fourth-order valence-corrected chi connectivity index (χ4v) is 2.08. The quantitative estimate of drug-likeness (QED) is 0.773. The van der Waals surface area contributed by atoms with Gasteiger partial charge in [-0.3, -0.25) is 4.98 Å². The first-order valence-corrected chi connectivity index (χ1v) is 6.29. The van der Waals surface area contributed by atoms with E-state index in [-0.39, 0.29) is 10.3 Å². The number of pyridine rings is 1. The topological polar surface area (TPSA) is 50.7 Å². The molecule has 1 N–H and O–H groups in total. The van der Waals surface area contributed by atoms with E-state index in [4.69, 9.17) is 23.2 Å². The van der Waals surface area contributed by atoms with Gasteiger partial charge in [-0.25, -0.2) is 0 Å². The van der Waals surface area contributed by atoms with Gasteiger partial charge < -0.3 is 5.32 Å². The minimum Gasteiger partial charge on any atom is -0.351 e. The number of anilines is 2. The number of fused-ring (bicyclic) bond motifs is 1. The Morgan fingerprint density at radius 3 is 2.68 bits per heavy atom. The van der Waals surface area contributed by atoms with Crippen molar-refractivity contribution in [1.29, 1.82) is 0 Å². The van der Waals surface area contributed by atoms with Crippen LogP contribution in [0.1, 0.15) is 0 Å².